The third kappa shape index (κ3) is 1.43. The van der Waals surface area contributed by atoms with Crippen LogP contribution in [0.4, 0.5) is 5.00 Å². The van der Waals surface area contributed by atoms with Gasteiger partial charge in [0.25, 0.3) is 0 Å². The fourth-order valence-corrected chi connectivity index (χ4v) is 2.62. The molecule has 0 aliphatic carbocycles. The molecule has 0 bridgehead atoms. The monoisotopic (exact) mass is 222 g/mol. The molecular formula is C10H7ClN2S. The van der Waals surface area contributed by atoms with E-state index >= 15 is 0 Å². The fourth-order valence-electron chi connectivity index (χ4n) is 1.39. The van der Waals surface area contributed by atoms with Crippen molar-refractivity contribution in [1.29, 1.82) is 5.26 Å². The van der Waals surface area contributed by atoms with Crippen LogP contribution in [0.3, 0.4) is 0 Å². The number of hydrogen-bond donors (Lipinski definition) is 1. The summed E-state index contributed by atoms with van der Waals surface area (Å²) in [5, 5.41) is 11.0. The summed E-state index contributed by atoms with van der Waals surface area (Å²) in [6, 6.07) is 7.67. The second-order valence-corrected chi connectivity index (χ2v) is 4.42. The van der Waals surface area contributed by atoms with Crippen LogP contribution in [-0.2, 0) is 6.42 Å². The van der Waals surface area contributed by atoms with Gasteiger partial charge in [0.05, 0.1) is 17.5 Å². The lowest BCUT2D eigenvalue weighted by Crippen LogP contribution is -1.80. The van der Waals surface area contributed by atoms with Gasteiger partial charge in [-0.25, -0.2) is 0 Å². The van der Waals surface area contributed by atoms with Crippen LogP contribution >= 0.6 is 22.9 Å². The summed E-state index contributed by atoms with van der Waals surface area (Å²) >= 11 is 7.49. The first kappa shape index (κ1) is 9.32. The maximum Gasteiger partial charge on any atom is 0.0869 e. The Morgan fingerprint density at radius 3 is 3.00 bits per heavy atom. The molecule has 14 heavy (non-hydrogen) atoms. The standard InChI is InChI=1S/C10H7ClN2S/c11-8-2-1-6(3-4-12)10-7(8)5-9(13)14-10/h1-2,5H,3,13H2. The minimum Gasteiger partial charge on any atom is -0.391 e. The van der Waals surface area contributed by atoms with Gasteiger partial charge in [0.15, 0.2) is 0 Å². The number of hydrogen-bond acceptors (Lipinski definition) is 3. The van der Waals surface area contributed by atoms with E-state index in [9.17, 15) is 0 Å². The van der Waals surface area contributed by atoms with Gasteiger partial charge in [-0.3, -0.25) is 0 Å². The molecule has 0 amide bonds. The van der Waals surface area contributed by atoms with Crippen molar-refractivity contribution in [2.45, 2.75) is 6.42 Å². The van der Waals surface area contributed by atoms with Crippen LogP contribution in [0.1, 0.15) is 5.56 Å². The molecule has 2 nitrogen and oxygen atoms in total. The van der Waals surface area contributed by atoms with Gasteiger partial charge >= 0.3 is 0 Å². The number of nitrogen functional groups attached to an aromatic ring is 1. The second kappa shape index (κ2) is 3.49. The lowest BCUT2D eigenvalue weighted by atomic mass is 10.1. The van der Waals surface area contributed by atoms with Crippen LogP contribution in [0.15, 0.2) is 18.2 Å². The molecule has 0 atom stereocenters. The number of benzene rings is 1. The van der Waals surface area contributed by atoms with Gasteiger partial charge in [0.2, 0.25) is 0 Å². The molecular weight excluding hydrogens is 216 g/mol. The highest BCUT2D eigenvalue weighted by atomic mass is 35.5. The third-order valence-corrected chi connectivity index (χ3v) is 3.37. The van der Waals surface area contributed by atoms with E-state index in [-0.39, 0.29) is 0 Å². The molecule has 1 heterocycles. The average molecular weight is 223 g/mol. The minimum absolute atomic E-state index is 0.396. The van der Waals surface area contributed by atoms with Crippen molar-refractivity contribution in [2.75, 3.05) is 5.73 Å². The predicted octanol–water partition coefficient (Wildman–Crippen LogP) is 3.20. The van der Waals surface area contributed by atoms with Crippen molar-refractivity contribution in [3.8, 4) is 6.07 Å². The number of nitrogens with zero attached hydrogens (tertiary/aromatic N) is 1. The average Bonchev–Trinajstić information content (AvgIpc) is 2.53. The van der Waals surface area contributed by atoms with E-state index in [1.807, 2.05) is 18.2 Å². The Morgan fingerprint density at radius 1 is 1.50 bits per heavy atom. The predicted molar refractivity (Wildman–Crippen MR) is 60.6 cm³/mol. The normalized spacial score (nSPS) is 10.3. The molecule has 0 aliphatic rings. The van der Waals surface area contributed by atoms with E-state index in [0.717, 1.165) is 20.7 Å². The molecule has 2 rings (SSSR count). The molecule has 0 spiro atoms. The van der Waals surface area contributed by atoms with Gasteiger partial charge in [0, 0.05) is 15.1 Å². The molecule has 0 saturated carbocycles. The molecule has 0 saturated heterocycles. The fraction of sp³-hybridized carbons (Fsp3) is 0.100. The highest BCUT2D eigenvalue weighted by Gasteiger charge is 2.07. The maximum atomic E-state index is 8.65. The first-order chi connectivity index (χ1) is 6.72. The summed E-state index contributed by atoms with van der Waals surface area (Å²) in [5.74, 6) is 0. The van der Waals surface area contributed by atoms with Crippen LogP contribution < -0.4 is 5.73 Å². The number of halogens is 1. The first-order valence-electron chi connectivity index (χ1n) is 4.05. The van der Waals surface area contributed by atoms with Gasteiger partial charge in [-0.2, -0.15) is 5.26 Å². The van der Waals surface area contributed by atoms with Crippen molar-refractivity contribution in [1.82, 2.24) is 0 Å². The number of anilines is 1. The van der Waals surface area contributed by atoms with E-state index in [1.165, 1.54) is 11.3 Å². The Hall–Kier alpha value is -1.24. The quantitative estimate of drug-likeness (QED) is 0.806. The molecule has 1 aromatic heterocycles. The van der Waals surface area contributed by atoms with Crippen molar-refractivity contribution in [3.63, 3.8) is 0 Å². The van der Waals surface area contributed by atoms with E-state index in [1.54, 1.807) is 0 Å². The lowest BCUT2D eigenvalue weighted by Gasteiger charge is -1.98. The van der Waals surface area contributed by atoms with Crippen LogP contribution in [0, 0.1) is 11.3 Å². The van der Waals surface area contributed by atoms with Crippen molar-refractivity contribution in [3.05, 3.63) is 28.8 Å². The third-order valence-electron chi connectivity index (χ3n) is 2.00. The zero-order valence-corrected chi connectivity index (χ0v) is 8.82. The number of nitrogens with two attached hydrogens (primary N) is 1. The van der Waals surface area contributed by atoms with Crippen LogP contribution in [0.2, 0.25) is 5.02 Å². The van der Waals surface area contributed by atoms with Gasteiger partial charge in [-0.05, 0) is 17.7 Å². The summed E-state index contributed by atoms with van der Waals surface area (Å²) < 4.78 is 1.02. The highest BCUT2D eigenvalue weighted by molar-refractivity contribution is 7.22. The molecule has 4 heteroatoms. The summed E-state index contributed by atoms with van der Waals surface area (Å²) in [4.78, 5) is 0. The molecule has 2 N–H and O–H groups in total. The molecule has 70 valence electrons. The summed E-state index contributed by atoms with van der Waals surface area (Å²) in [6.07, 6.45) is 0.396. The maximum absolute atomic E-state index is 8.65. The zero-order chi connectivity index (χ0) is 10.1. The van der Waals surface area contributed by atoms with Crippen LogP contribution in [0.5, 0.6) is 0 Å². The number of thiophene rings is 1. The smallest absolute Gasteiger partial charge is 0.0869 e. The van der Waals surface area contributed by atoms with Crippen molar-refractivity contribution >= 4 is 38.0 Å². The number of rotatable bonds is 1. The molecule has 0 radical (unpaired) electrons. The van der Waals surface area contributed by atoms with E-state index in [2.05, 4.69) is 6.07 Å². The summed E-state index contributed by atoms with van der Waals surface area (Å²) in [6.45, 7) is 0. The SMILES string of the molecule is N#CCc1ccc(Cl)c2cc(N)sc12. The first-order valence-corrected chi connectivity index (χ1v) is 5.25. The molecule has 1 aromatic carbocycles. The highest BCUT2D eigenvalue weighted by Crippen LogP contribution is 2.35. The Bertz CT molecular complexity index is 525. The van der Waals surface area contributed by atoms with Gasteiger partial charge in [0.1, 0.15) is 0 Å². The molecule has 0 fully saturated rings. The van der Waals surface area contributed by atoms with Crippen molar-refractivity contribution < 1.29 is 0 Å². The van der Waals surface area contributed by atoms with E-state index in [0.29, 0.717) is 11.4 Å². The van der Waals surface area contributed by atoms with E-state index in [4.69, 9.17) is 22.6 Å². The number of fused-ring (bicyclic) bond motifs is 1. The van der Waals surface area contributed by atoms with E-state index < -0.39 is 0 Å². The summed E-state index contributed by atoms with van der Waals surface area (Å²) in [5.41, 5.74) is 6.70. The zero-order valence-electron chi connectivity index (χ0n) is 7.25. The van der Waals surface area contributed by atoms with Gasteiger partial charge in [-0.15, -0.1) is 11.3 Å². The van der Waals surface area contributed by atoms with Gasteiger partial charge in [-0.1, -0.05) is 17.7 Å². The van der Waals surface area contributed by atoms with Crippen LogP contribution in [0.25, 0.3) is 10.1 Å². The largest absolute Gasteiger partial charge is 0.391 e. The Kier molecular flexibility index (Phi) is 2.32. The lowest BCUT2D eigenvalue weighted by molar-refractivity contribution is 1.29. The van der Waals surface area contributed by atoms with Gasteiger partial charge < -0.3 is 5.73 Å². The topological polar surface area (TPSA) is 49.8 Å². The molecule has 0 aliphatic heterocycles. The molecule has 2 aromatic rings. The second-order valence-electron chi connectivity index (χ2n) is 2.93. The Morgan fingerprint density at radius 2 is 2.29 bits per heavy atom. The minimum atomic E-state index is 0.396. The molecule has 0 unspecified atom stereocenters. The summed E-state index contributed by atoms with van der Waals surface area (Å²) in [7, 11) is 0. The van der Waals surface area contributed by atoms with Crippen LogP contribution in [-0.4, -0.2) is 0 Å². The number of nitriles is 1. The Labute approximate surface area is 90.5 Å². The van der Waals surface area contributed by atoms with Crippen molar-refractivity contribution in [2.24, 2.45) is 0 Å². The Balaban J connectivity index is 2.75.